The van der Waals surface area contributed by atoms with Crippen molar-refractivity contribution in [2.45, 2.75) is 17.6 Å². The van der Waals surface area contributed by atoms with Crippen LogP contribution in [-0.4, -0.2) is 34.9 Å². The Kier molecular flexibility index (Phi) is 5.80. The van der Waals surface area contributed by atoms with Gasteiger partial charge in [0.1, 0.15) is 6.61 Å². The van der Waals surface area contributed by atoms with Crippen LogP contribution in [0.4, 0.5) is 0 Å². The first-order valence-electron chi connectivity index (χ1n) is 9.80. The second kappa shape index (κ2) is 8.55. The van der Waals surface area contributed by atoms with Gasteiger partial charge >= 0.3 is 5.97 Å². The van der Waals surface area contributed by atoms with Gasteiger partial charge in [0.05, 0.1) is 24.7 Å². The Morgan fingerprint density at radius 2 is 1.59 bits per heavy atom. The van der Waals surface area contributed by atoms with Gasteiger partial charge in [0.15, 0.2) is 27.4 Å². The van der Waals surface area contributed by atoms with Crippen LogP contribution >= 0.6 is 0 Å². The quantitative estimate of drug-likeness (QED) is 0.500. The highest BCUT2D eigenvalue weighted by Crippen LogP contribution is 2.47. The number of sulfone groups is 1. The SMILES string of the molecule is COc1ccc(C2OC(=O)c3ccccc32)c(OC)c1OCc1ccc(S(C)(=O)=O)cc1. The van der Waals surface area contributed by atoms with Crippen molar-refractivity contribution < 1.29 is 32.2 Å². The van der Waals surface area contributed by atoms with E-state index in [0.29, 0.717) is 28.4 Å². The smallest absolute Gasteiger partial charge is 0.339 e. The molecule has 1 aliphatic rings. The molecule has 0 saturated carbocycles. The average Bonchev–Trinajstić information content (AvgIpc) is 3.13. The molecular formula is C24H22O7S. The third-order valence-electron chi connectivity index (χ3n) is 5.24. The summed E-state index contributed by atoms with van der Waals surface area (Å²) in [6.45, 7) is 0.154. The second-order valence-corrected chi connectivity index (χ2v) is 9.31. The van der Waals surface area contributed by atoms with E-state index in [4.69, 9.17) is 18.9 Å². The summed E-state index contributed by atoms with van der Waals surface area (Å²) in [5, 5.41) is 0. The molecule has 1 unspecified atom stereocenters. The van der Waals surface area contributed by atoms with Crippen LogP contribution in [0.25, 0.3) is 0 Å². The van der Waals surface area contributed by atoms with Gasteiger partial charge in [-0.3, -0.25) is 0 Å². The summed E-state index contributed by atoms with van der Waals surface area (Å²) in [6, 6.07) is 17.2. The predicted octanol–water partition coefficient (Wildman–Crippen LogP) is 3.95. The van der Waals surface area contributed by atoms with Crippen molar-refractivity contribution in [1.82, 2.24) is 0 Å². The molecule has 32 heavy (non-hydrogen) atoms. The van der Waals surface area contributed by atoms with Gasteiger partial charge in [-0.25, -0.2) is 13.2 Å². The number of carbonyl (C=O) groups is 1. The van der Waals surface area contributed by atoms with E-state index in [1.807, 2.05) is 12.1 Å². The number of fused-ring (bicyclic) bond motifs is 1. The van der Waals surface area contributed by atoms with E-state index in [1.54, 1.807) is 36.4 Å². The molecule has 8 heteroatoms. The zero-order valence-electron chi connectivity index (χ0n) is 17.8. The van der Waals surface area contributed by atoms with Gasteiger partial charge in [-0.1, -0.05) is 30.3 Å². The maximum absolute atomic E-state index is 12.3. The van der Waals surface area contributed by atoms with Crippen LogP contribution in [0, 0.1) is 0 Å². The highest BCUT2D eigenvalue weighted by molar-refractivity contribution is 7.90. The largest absolute Gasteiger partial charge is 0.493 e. The van der Waals surface area contributed by atoms with E-state index in [0.717, 1.165) is 17.4 Å². The molecule has 0 amide bonds. The number of esters is 1. The molecule has 0 fully saturated rings. The first-order chi connectivity index (χ1) is 15.3. The van der Waals surface area contributed by atoms with E-state index in [1.165, 1.54) is 26.4 Å². The van der Waals surface area contributed by atoms with Gasteiger partial charge in [0.25, 0.3) is 0 Å². The van der Waals surface area contributed by atoms with Crippen LogP contribution < -0.4 is 14.2 Å². The van der Waals surface area contributed by atoms with Gasteiger partial charge in [-0.15, -0.1) is 0 Å². The molecule has 0 bridgehead atoms. The molecule has 0 radical (unpaired) electrons. The zero-order chi connectivity index (χ0) is 22.9. The number of ether oxygens (including phenoxy) is 4. The lowest BCUT2D eigenvalue weighted by atomic mass is 9.98. The van der Waals surface area contributed by atoms with Gasteiger partial charge in [0, 0.05) is 17.4 Å². The van der Waals surface area contributed by atoms with Gasteiger partial charge < -0.3 is 18.9 Å². The van der Waals surface area contributed by atoms with Crippen molar-refractivity contribution in [3.05, 3.63) is 82.9 Å². The maximum atomic E-state index is 12.3. The standard InChI is InChI=1S/C24H22O7S/c1-28-20-13-12-19(21-17-6-4-5-7-18(17)24(25)31-21)22(29-2)23(20)30-14-15-8-10-16(11-9-15)32(3,26)27/h4-13,21H,14H2,1-3H3. The minimum Gasteiger partial charge on any atom is -0.493 e. The molecule has 0 N–H and O–H groups in total. The van der Waals surface area contributed by atoms with Gasteiger partial charge in [0.2, 0.25) is 5.75 Å². The van der Waals surface area contributed by atoms with Crippen molar-refractivity contribution in [3.8, 4) is 17.2 Å². The molecule has 1 heterocycles. The number of benzene rings is 3. The maximum Gasteiger partial charge on any atom is 0.339 e. The van der Waals surface area contributed by atoms with Crippen LogP contribution in [-0.2, 0) is 21.2 Å². The predicted molar refractivity (Wildman–Crippen MR) is 117 cm³/mol. The topological polar surface area (TPSA) is 88.1 Å². The molecular weight excluding hydrogens is 432 g/mol. The van der Waals surface area contributed by atoms with Crippen LogP contribution in [0.3, 0.4) is 0 Å². The minimum atomic E-state index is -3.27. The van der Waals surface area contributed by atoms with E-state index in [2.05, 4.69) is 0 Å². The number of hydrogen-bond donors (Lipinski definition) is 0. The average molecular weight is 455 g/mol. The summed E-state index contributed by atoms with van der Waals surface area (Å²) in [7, 11) is -0.245. The van der Waals surface area contributed by atoms with Crippen molar-refractivity contribution in [1.29, 1.82) is 0 Å². The van der Waals surface area contributed by atoms with Crippen molar-refractivity contribution in [2.75, 3.05) is 20.5 Å². The van der Waals surface area contributed by atoms with E-state index in [-0.39, 0.29) is 11.5 Å². The normalized spacial score (nSPS) is 15.1. The lowest BCUT2D eigenvalue weighted by Crippen LogP contribution is -2.07. The number of rotatable bonds is 7. The Hall–Kier alpha value is -3.52. The highest BCUT2D eigenvalue weighted by atomic mass is 32.2. The number of carbonyl (C=O) groups excluding carboxylic acids is 1. The van der Waals surface area contributed by atoms with Crippen molar-refractivity contribution >= 4 is 15.8 Å². The van der Waals surface area contributed by atoms with Crippen LogP contribution in [0.15, 0.2) is 65.6 Å². The fourth-order valence-electron chi connectivity index (χ4n) is 3.64. The second-order valence-electron chi connectivity index (χ2n) is 7.30. The Morgan fingerprint density at radius 3 is 2.25 bits per heavy atom. The third kappa shape index (κ3) is 4.01. The fourth-order valence-corrected chi connectivity index (χ4v) is 4.27. The minimum absolute atomic E-state index is 0.154. The summed E-state index contributed by atoms with van der Waals surface area (Å²) >= 11 is 0. The Bertz CT molecular complexity index is 1260. The molecule has 7 nitrogen and oxygen atoms in total. The number of cyclic esters (lactones) is 1. The lowest BCUT2D eigenvalue weighted by molar-refractivity contribution is 0.0451. The molecule has 0 aliphatic carbocycles. The molecule has 3 aromatic carbocycles. The molecule has 1 atom stereocenters. The molecule has 1 aliphatic heterocycles. The van der Waals surface area contributed by atoms with Crippen molar-refractivity contribution in [3.63, 3.8) is 0 Å². The molecule has 0 spiro atoms. The molecule has 3 aromatic rings. The lowest BCUT2D eigenvalue weighted by Gasteiger charge is -2.20. The summed E-state index contributed by atoms with van der Waals surface area (Å²) in [4.78, 5) is 12.5. The summed E-state index contributed by atoms with van der Waals surface area (Å²) in [6.07, 6.45) is 0.532. The third-order valence-corrected chi connectivity index (χ3v) is 6.36. The van der Waals surface area contributed by atoms with Crippen molar-refractivity contribution in [2.24, 2.45) is 0 Å². The zero-order valence-corrected chi connectivity index (χ0v) is 18.6. The van der Waals surface area contributed by atoms with E-state index < -0.39 is 21.9 Å². The van der Waals surface area contributed by atoms with E-state index >= 15 is 0 Å². The molecule has 0 saturated heterocycles. The molecule has 0 aromatic heterocycles. The molecule has 4 rings (SSSR count). The summed E-state index contributed by atoms with van der Waals surface area (Å²) < 4.78 is 46.1. The van der Waals surface area contributed by atoms with Gasteiger partial charge in [-0.05, 0) is 35.9 Å². The van der Waals surface area contributed by atoms with Gasteiger partial charge in [-0.2, -0.15) is 0 Å². The summed E-state index contributed by atoms with van der Waals surface area (Å²) in [5.41, 5.74) is 2.67. The first kappa shape index (κ1) is 21.7. The number of hydrogen-bond acceptors (Lipinski definition) is 7. The molecule has 166 valence electrons. The summed E-state index contributed by atoms with van der Waals surface area (Å²) in [5.74, 6) is 0.819. The Balaban J connectivity index is 1.67. The highest BCUT2D eigenvalue weighted by Gasteiger charge is 2.35. The van der Waals surface area contributed by atoms with Crippen LogP contribution in [0.1, 0.15) is 33.2 Å². The number of methoxy groups -OCH3 is 2. The Labute approximate surface area is 186 Å². The first-order valence-corrected chi connectivity index (χ1v) is 11.7. The monoisotopic (exact) mass is 454 g/mol. The fraction of sp³-hybridized carbons (Fsp3) is 0.208. The van der Waals surface area contributed by atoms with Crippen LogP contribution in [0.5, 0.6) is 17.2 Å². The van der Waals surface area contributed by atoms with E-state index in [9.17, 15) is 13.2 Å². The van der Waals surface area contributed by atoms with Crippen LogP contribution in [0.2, 0.25) is 0 Å². The Morgan fingerprint density at radius 1 is 0.875 bits per heavy atom.